The van der Waals surface area contributed by atoms with Gasteiger partial charge in [0.1, 0.15) is 0 Å². The van der Waals surface area contributed by atoms with Crippen molar-refractivity contribution in [2.24, 2.45) is 0 Å². The van der Waals surface area contributed by atoms with E-state index in [1.165, 1.54) is 98.8 Å². The van der Waals surface area contributed by atoms with Crippen LogP contribution in [-0.2, 0) is 5.41 Å². The molecular formula is C57H39N3. The standard InChI is InChI=1S/C57H39N3/c1-57(2)47-25-11-6-19-38(47)45-34-46-41-22-9-14-28-51(41)60(55(46)35-48(45)57)54-33-37(59-49-26-12-7-20-39(49)40-21-8-13-27-50(40)59)31-32-42(54)43-24-16-30-53-56(43)44-23-10-15-29-52(44)58(53)36-17-4-3-5-18-36/h3-35H,1-2H3. The molecule has 3 nitrogen and oxygen atoms in total. The topological polar surface area (TPSA) is 14.8 Å². The molecule has 1 aliphatic carbocycles. The van der Waals surface area contributed by atoms with Crippen molar-refractivity contribution in [1.29, 1.82) is 0 Å². The van der Waals surface area contributed by atoms with Crippen molar-refractivity contribution >= 4 is 65.4 Å². The number of nitrogens with zero attached hydrogens (tertiary/aromatic N) is 3. The number of hydrogen-bond donors (Lipinski definition) is 0. The van der Waals surface area contributed by atoms with E-state index in [-0.39, 0.29) is 5.41 Å². The van der Waals surface area contributed by atoms with Crippen molar-refractivity contribution in [1.82, 2.24) is 13.7 Å². The average molecular weight is 766 g/mol. The van der Waals surface area contributed by atoms with E-state index in [9.17, 15) is 0 Å². The zero-order valence-corrected chi connectivity index (χ0v) is 33.4. The lowest BCUT2D eigenvalue weighted by molar-refractivity contribution is 0.661. The predicted molar refractivity (Wildman–Crippen MR) is 252 cm³/mol. The minimum Gasteiger partial charge on any atom is -0.309 e. The van der Waals surface area contributed by atoms with Crippen LogP contribution >= 0.6 is 0 Å². The van der Waals surface area contributed by atoms with Gasteiger partial charge < -0.3 is 13.7 Å². The Morgan fingerprint density at radius 2 is 0.833 bits per heavy atom. The van der Waals surface area contributed by atoms with Crippen LogP contribution in [0.1, 0.15) is 25.0 Å². The highest BCUT2D eigenvalue weighted by Crippen LogP contribution is 2.52. The summed E-state index contributed by atoms with van der Waals surface area (Å²) >= 11 is 0. The summed E-state index contributed by atoms with van der Waals surface area (Å²) in [5.74, 6) is 0. The molecule has 0 radical (unpaired) electrons. The normalized spacial score (nSPS) is 13.3. The van der Waals surface area contributed by atoms with Crippen molar-refractivity contribution < 1.29 is 0 Å². The Kier molecular flexibility index (Phi) is 6.78. The van der Waals surface area contributed by atoms with Crippen molar-refractivity contribution in [2.75, 3.05) is 0 Å². The molecule has 3 aromatic heterocycles. The van der Waals surface area contributed by atoms with E-state index in [0.29, 0.717) is 0 Å². The van der Waals surface area contributed by atoms with Crippen LogP contribution in [0.3, 0.4) is 0 Å². The molecule has 0 amide bonds. The molecule has 0 unspecified atom stereocenters. The van der Waals surface area contributed by atoms with Crippen molar-refractivity contribution in [3.63, 3.8) is 0 Å². The van der Waals surface area contributed by atoms with Gasteiger partial charge in [0, 0.05) is 54.7 Å². The second kappa shape index (κ2) is 12.2. The van der Waals surface area contributed by atoms with E-state index in [1.807, 2.05) is 0 Å². The minimum absolute atomic E-state index is 0.139. The van der Waals surface area contributed by atoms with Gasteiger partial charge in [0.2, 0.25) is 0 Å². The van der Waals surface area contributed by atoms with Crippen LogP contribution in [0, 0.1) is 0 Å². The maximum absolute atomic E-state index is 2.56. The summed E-state index contributed by atoms with van der Waals surface area (Å²) in [5.41, 5.74) is 18.3. The van der Waals surface area contributed by atoms with Crippen molar-refractivity contribution in [2.45, 2.75) is 19.3 Å². The number of aromatic nitrogens is 3. The highest BCUT2D eigenvalue weighted by Gasteiger charge is 2.36. The third-order valence-corrected chi connectivity index (χ3v) is 13.4. The molecule has 0 fully saturated rings. The molecule has 0 N–H and O–H groups in total. The lowest BCUT2D eigenvalue weighted by Gasteiger charge is -2.22. The van der Waals surface area contributed by atoms with Gasteiger partial charge in [0.25, 0.3) is 0 Å². The summed E-state index contributed by atoms with van der Waals surface area (Å²) in [6, 6.07) is 74.2. The molecule has 3 heteroatoms. The Hall–Kier alpha value is -7.62. The number of para-hydroxylation sites is 5. The predicted octanol–water partition coefficient (Wildman–Crippen LogP) is 15.0. The Morgan fingerprint density at radius 3 is 1.55 bits per heavy atom. The van der Waals surface area contributed by atoms with Gasteiger partial charge >= 0.3 is 0 Å². The quantitative estimate of drug-likeness (QED) is 0.169. The highest BCUT2D eigenvalue weighted by atomic mass is 15.0. The van der Waals surface area contributed by atoms with E-state index >= 15 is 0 Å². The van der Waals surface area contributed by atoms with Gasteiger partial charge in [-0.05, 0) is 94.5 Å². The third kappa shape index (κ3) is 4.44. The smallest absolute Gasteiger partial charge is 0.0561 e. The Labute approximate surface area is 347 Å². The van der Waals surface area contributed by atoms with Crippen LogP contribution in [0.4, 0.5) is 0 Å². The molecule has 13 rings (SSSR count). The van der Waals surface area contributed by atoms with Crippen molar-refractivity contribution in [3.8, 4) is 39.3 Å². The first-order valence-corrected chi connectivity index (χ1v) is 20.9. The summed E-state index contributed by atoms with van der Waals surface area (Å²) < 4.78 is 7.43. The molecular weight excluding hydrogens is 727 g/mol. The zero-order valence-electron chi connectivity index (χ0n) is 33.4. The van der Waals surface area contributed by atoms with Crippen molar-refractivity contribution in [3.05, 3.63) is 211 Å². The molecule has 1 aliphatic rings. The van der Waals surface area contributed by atoms with Gasteiger partial charge in [-0.15, -0.1) is 0 Å². The van der Waals surface area contributed by atoms with Gasteiger partial charge in [-0.3, -0.25) is 0 Å². The number of rotatable bonds is 4. The molecule has 282 valence electrons. The van der Waals surface area contributed by atoms with Crippen LogP contribution in [0.15, 0.2) is 200 Å². The average Bonchev–Trinajstić information content (AvgIpc) is 3.99. The molecule has 0 aliphatic heterocycles. The van der Waals surface area contributed by atoms with Gasteiger partial charge in [-0.1, -0.05) is 147 Å². The summed E-state index contributed by atoms with van der Waals surface area (Å²) in [7, 11) is 0. The number of hydrogen-bond acceptors (Lipinski definition) is 0. The molecule has 0 saturated heterocycles. The Balaban J connectivity index is 1.18. The molecule has 0 bridgehead atoms. The monoisotopic (exact) mass is 765 g/mol. The fraction of sp³-hybridized carbons (Fsp3) is 0.0526. The lowest BCUT2D eigenvalue weighted by atomic mass is 9.82. The van der Waals surface area contributed by atoms with Crippen LogP contribution in [0.25, 0.3) is 105 Å². The van der Waals surface area contributed by atoms with Gasteiger partial charge in [-0.25, -0.2) is 0 Å². The SMILES string of the molecule is CC1(C)c2ccccc2-c2cc3c4ccccc4n(-c4cc(-n5c6ccccc6c6ccccc65)ccc4-c4cccc5c4c4ccccc4n5-c4ccccc4)c3cc21. The maximum Gasteiger partial charge on any atom is 0.0561 e. The molecule has 0 atom stereocenters. The van der Waals surface area contributed by atoms with Gasteiger partial charge in [-0.2, -0.15) is 0 Å². The minimum atomic E-state index is -0.139. The van der Waals surface area contributed by atoms with E-state index < -0.39 is 0 Å². The van der Waals surface area contributed by atoms with Crippen LogP contribution in [0.2, 0.25) is 0 Å². The first kappa shape index (κ1) is 33.4. The van der Waals surface area contributed by atoms with Gasteiger partial charge in [0.05, 0.1) is 38.8 Å². The second-order valence-electron chi connectivity index (χ2n) is 16.9. The zero-order chi connectivity index (χ0) is 39.7. The van der Waals surface area contributed by atoms with Crippen LogP contribution in [0.5, 0.6) is 0 Å². The highest BCUT2D eigenvalue weighted by molar-refractivity contribution is 6.18. The van der Waals surface area contributed by atoms with E-state index in [4.69, 9.17) is 0 Å². The molecule has 3 heterocycles. The van der Waals surface area contributed by atoms with Gasteiger partial charge in [0.15, 0.2) is 0 Å². The first-order chi connectivity index (χ1) is 29.6. The largest absolute Gasteiger partial charge is 0.309 e. The maximum atomic E-state index is 2.56. The van der Waals surface area contributed by atoms with E-state index in [0.717, 1.165) is 17.1 Å². The molecule has 0 saturated carbocycles. The van der Waals surface area contributed by atoms with E-state index in [2.05, 4.69) is 228 Å². The van der Waals surface area contributed by atoms with Crippen LogP contribution in [-0.4, -0.2) is 13.7 Å². The Morgan fingerprint density at radius 1 is 0.300 bits per heavy atom. The third-order valence-electron chi connectivity index (χ3n) is 13.4. The molecule has 0 spiro atoms. The number of fused-ring (bicyclic) bond motifs is 12. The first-order valence-electron chi connectivity index (χ1n) is 20.9. The lowest BCUT2D eigenvalue weighted by Crippen LogP contribution is -2.15. The Bertz CT molecular complexity index is 3690. The summed E-state index contributed by atoms with van der Waals surface area (Å²) in [6.45, 7) is 4.77. The van der Waals surface area contributed by atoms with Crippen LogP contribution < -0.4 is 0 Å². The second-order valence-corrected chi connectivity index (χ2v) is 16.9. The summed E-state index contributed by atoms with van der Waals surface area (Å²) in [6.07, 6.45) is 0. The van der Waals surface area contributed by atoms with E-state index in [1.54, 1.807) is 0 Å². The summed E-state index contributed by atoms with van der Waals surface area (Å²) in [5, 5.41) is 7.52. The summed E-state index contributed by atoms with van der Waals surface area (Å²) in [4.78, 5) is 0. The fourth-order valence-electron chi connectivity index (χ4n) is 10.8. The number of benzene rings is 9. The molecule has 60 heavy (non-hydrogen) atoms. The fourth-order valence-corrected chi connectivity index (χ4v) is 10.8. The molecule has 12 aromatic rings. The molecule has 9 aromatic carbocycles.